The number of urea groups is 1. The Morgan fingerprint density at radius 3 is 2.55 bits per heavy atom. The van der Waals surface area contributed by atoms with Crippen molar-refractivity contribution in [3.63, 3.8) is 0 Å². The highest BCUT2D eigenvalue weighted by molar-refractivity contribution is 6.32. The Bertz CT molecular complexity index is 620. The van der Waals surface area contributed by atoms with Crippen LogP contribution in [0.1, 0.15) is 5.56 Å². The molecular weight excluding hydrogens is 307 g/mol. The van der Waals surface area contributed by atoms with Crippen LogP contribution in [0.2, 0.25) is 5.02 Å². The van der Waals surface area contributed by atoms with Gasteiger partial charge in [0.1, 0.15) is 18.2 Å². The maximum Gasteiger partial charge on any atom is 0.315 e. The molecular formula is C16H16ClFN2O2. The number of ether oxygens (including phenoxy) is 1. The molecule has 0 bridgehead atoms. The summed E-state index contributed by atoms with van der Waals surface area (Å²) in [6, 6.07) is 12.8. The van der Waals surface area contributed by atoms with Gasteiger partial charge in [0.2, 0.25) is 0 Å². The highest BCUT2D eigenvalue weighted by Gasteiger charge is 2.02. The largest absolute Gasteiger partial charge is 0.490 e. The summed E-state index contributed by atoms with van der Waals surface area (Å²) in [6.07, 6.45) is 0. The van der Waals surface area contributed by atoms with Crippen molar-refractivity contribution in [3.8, 4) is 5.75 Å². The number of para-hydroxylation sites is 1. The topological polar surface area (TPSA) is 50.4 Å². The number of nitrogens with one attached hydrogen (secondary N) is 2. The van der Waals surface area contributed by atoms with Crippen molar-refractivity contribution in [1.29, 1.82) is 0 Å². The smallest absolute Gasteiger partial charge is 0.315 e. The lowest BCUT2D eigenvalue weighted by molar-refractivity contribution is 0.236. The van der Waals surface area contributed by atoms with Crippen LogP contribution in [-0.2, 0) is 6.54 Å². The van der Waals surface area contributed by atoms with E-state index in [4.69, 9.17) is 16.3 Å². The van der Waals surface area contributed by atoms with Gasteiger partial charge in [0.05, 0.1) is 11.6 Å². The lowest BCUT2D eigenvalue weighted by Crippen LogP contribution is -2.37. The van der Waals surface area contributed by atoms with Crippen molar-refractivity contribution in [2.45, 2.75) is 6.54 Å². The van der Waals surface area contributed by atoms with Crippen LogP contribution in [0.25, 0.3) is 0 Å². The van der Waals surface area contributed by atoms with Gasteiger partial charge in [0.15, 0.2) is 0 Å². The minimum Gasteiger partial charge on any atom is -0.490 e. The summed E-state index contributed by atoms with van der Waals surface area (Å²) in [6.45, 7) is 0.992. The molecule has 0 unspecified atom stereocenters. The standard InChI is InChI=1S/C16H16ClFN2O2/c17-14-3-1-2-4-15(14)22-10-9-19-16(21)20-11-12-5-7-13(18)8-6-12/h1-8H,9-11H2,(H2,19,20,21). The zero-order chi connectivity index (χ0) is 15.8. The fourth-order valence-corrected chi connectivity index (χ4v) is 1.92. The number of rotatable bonds is 6. The van der Waals surface area contributed by atoms with E-state index in [0.717, 1.165) is 5.56 Å². The second-order valence-corrected chi connectivity index (χ2v) is 4.92. The van der Waals surface area contributed by atoms with Crippen LogP contribution in [0.3, 0.4) is 0 Å². The van der Waals surface area contributed by atoms with Crippen LogP contribution >= 0.6 is 11.6 Å². The maximum absolute atomic E-state index is 12.7. The zero-order valence-electron chi connectivity index (χ0n) is 11.8. The normalized spacial score (nSPS) is 10.1. The first-order chi connectivity index (χ1) is 10.6. The highest BCUT2D eigenvalue weighted by Crippen LogP contribution is 2.22. The molecule has 22 heavy (non-hydrogen) atoms. The van der Waals surface area contributed by atoms with E-state index in [1.807, 2.05) is 12.1 Å². The lowest BCUT2D eigenvalue weighted by Gasteiger charge is -2.10. The molecule has 0 spiro atoms. The zero-order valence-corrected chi connectivity index (χ0v) is 12.6. The van der Waals surface area contributed by atoms with Crippen molar-refractivity contribution >= 4 is 17.6 Å². The Labute approximate surface area is 133 Å². The second-order valence-electron chi connectivity index (χ2n) is 4.51. The SMILES string of the molecule is O=C(NCCOc1ccccc1Cl)NCc1ccc(F)cc1. The van der Waals surface area contributed by atoms with Gasteiger partial charge in [0, 0.05) is 6.54 Å². The van der Waals surface area contributed by atoms with Gasteiger partial charge >= 0.3 is 6.03 Å². The van der Waals surface area contributed by atoms with Crippen LogP contribution in [0.15, 0.2) is 48.5 Å². The van der Waals surface area contributed by atoms with Gasteiger partial charge in [-0.1, -0.05) is 35.9 Å². The molecule has 2 N–H and O–H groups in total. The van der Waals surface area contributed by atoms with Gasteiger partial charge in [-0.25, -0.2) is 9.18 Å². The van der Waals surface area contributed by atoms with Crippen molar-refractivity contribution in [2.75, 3.05) is 13.2 Å². The average Bonchev–Trinajstić information content (AvgIpc) is 2.52. The summed E-state index contributed by atoms with van der Waals surface area (Å²) < 4.78 is 18.2. The van der Waals surface area contributed by atoms with Crippen molar-refractivity contribution < 1.29 is 13.9 Å². The summed E-state index contributed by atoms with van der Waals surface area (Å²) in [5, 5.41) is 5.87. The molecule has 0 saturated heterocycles. The average molecular weight is 323 g/mol. The van der Waals surface area contributed by atoms with Gasteiger partial charge < -0.3 is 15.4 Å². The van der Waals surface area contributed by atoms with E-state index in [9.17, 15) is 9.18 Å². The van der Waals surface area contributed by atoms with E-state index in [1.165, 1.54) is 12.1 Å². The molecule has 6 heteroatoms. The number of hydrogen-bond acceptors (Lipinski definition) is 2. The number of carbonyl (C=O) groups is 1. The van der Waals surface area contributed by atoms with Crippen molar-refractivity contribution in [1.82, 2.24) is 10.6 Å². The van der Waals surface area contributed by atoms with E-state index in [0.29, 0.717) is 30.5 Å². The maximum atomic E-state index is 12.7. The number of benzene rings is 2. The molecule has 0 aliphatic rings. The molecule has 0 saturated carbocycles. The quantitative estimate of drug-likeness (QED) is 0.801. The van der Waals surface area contributed by atoms with E-state index < -0.39 is 0 Å². The fraction of sp³-hybridized carbons (Fsp3) is 0.188. The van der Waals surface area contributed by atoms with E-state index in [-0.39, 0.29) is 11.8 Å². The molecule has 0 aliphatic heterocycles. The molecule has 0 heterocycles. The molecule has 2 aromatic rings. The summed E-state index contributed by atoms with van der Waals surface area (Å²) in [5.41, 5.74) is 0.823. The van der Waals surface area contributed by atoms with Crippen LogP contribution < -0.4 is 15.4 Å². The van der Waals surface area contributed by atoms with E-state index in [1.54, 1.807) is 24.3 Å². The molecule has 4 nitrogen and oxygen atoms in total. The molecule has 0 aromatic heterocycles. The summed E-state index contributed by atoms with van der Waals surface area (Å²) in [5.74, 6) is 0.280. The van der Waals surface area contributed by atoms with Gasteiger partial charge in [-0.05, 0) is 29.8 Å². The molecule has 2 amide bonds. The third-order valence-corrected chi connectivity index (χ3v) is 3.16. The highest BCUT2D eigenvalue weighted by atomic mass is 35.5. The lowest BCUT2D eigenvalue weighted by atomic mass is 10.2. The molecule has 0 radical (unpaired) electrons. The summed E-state index contributed by atoms with van der Waals surface area (Å²) >= 11 is 5.94. The number of carbonyl (C=O) groups excluding carboxylic acids is 1. The summed E-state index contributed by atoms with van der Waals surface area (Å²) in [7, 11) is 0. The first kappa shape index (κ1) is 16.1. The minimum absolute atomic E-state index is 0.301. The van der Waals surface area contributed by atoms with Gasteiger partial charge in [-0.3, -0.25) is 0 Å². The summed E-state index contributed by atoms with van der Waals surface area (Å²) in [4.78, 5) is 11.6. The third-order valence-electron chi connectivity index (χ3n) is 2.85. The van der Waals surface area contributed by atoms with Crippen molar-refractivity contribution in [2.24, 2.45) is 0 Å². The first-order valence-corrected chi connectivity index (χ1v) is 7.16. The molecule has 0 aliphatic carbocycles. The Kier molecular flexibility index (Phi) is 6.03. The predicted octanol–water partition coefficient (Wildman–Crippen LogP) is 3.36. The Hall–Kier alpha value is -2.27. The van der Waals surface area contributed by atoms with Crippen molar-refractivity contribution in [3.05, 3.63) is 64.9 Å². The Morgan fingerprint density at radius 1 is 1.09 bits per heavy atom. The van der Waals surface area contributed by atoms with Gasteiger partial charge in [0.25, 0.3) is 0 Å². The second kappa shape index (κ2) is 8.24. The molecule has 0 atom stereocenters. The molecule has 116 valence electrons. The van der Waals surface area contributed by atoms with E-state index >= 15 is 0 Å². The Morgan fingerprint density at radius 2 is 1.82 bits per heavy atom. The first-order valence-electron chi connectivity index (χ1n) is 6.78. The molecule has 2 rings (SSSR count). The number of halogens is 2. The fourth-order valence-electron chi connectivity index (χ4n) is 1.73. The predicted molar refractivity (Wildman–Crippen MR) is 83.6 cm³/mol. The van der Waals surface area contributed by atoms with Crippen LogP contribution in [0, 0.1) is 5.82 Å². The monoisotopic (exact) mass is 322 g/mol. The third kappa shape index (κ3) is 5.26. The molecule has 0 fully saturated rings. The van der Waals surface area contributed by atoms with Gasteiger partial charge in [-0.15, -0.1) is 0 Å². The Balaban J connectivity index is 1.64. The minimum atomic E-state index is -0.313. The van der Waals surface area contributed by atoms with Gasteiger partial charge in [-0.2, -0.15) is 0 Å². The number of amides is 2. The van der Waals surface area contributed by atoms with Crippen LogP contribution in [0.4, 0.5) is 9.18 Å². The number of hydrogen-bond donors (Lipinski definition) is 2. The molecule has 2 aromatic carbocycles. The van der Waals surface area contributed by atoms with Crippen LogP contribution in [-0.4, -0.2) is 19.2 Å². The van der Waals surface area contributed by atoms with Crippen LogP contribution in [0.5, 0.6) is 5.75 Å². The van der Waals surface area contributed by atoms with E-state index in [2.05, 4.69) is 10.6 Å².